The number of ether oxygens (including phenoxy) is 1. The number of aromatic nitrogens is 1. The van der Waals surface area contributed by atoms with Gasteiger partial charge in [0, 0.05) is 17.8 Å². The molecule has 6 nitrogen and oxygen atoms in total. The number of hydrogen-bond acceptors (Lipinski definition) is 5. The van der Waals surface area contributed by atoms with Crippen LogP contribution in [0.15, 0.2) is 60.3 Å². The maximum absolute atomic E-state index is 14.6. The molecule has 1 amide bonds. The first kappa shape index (κ1) is 22.7. The number of aliphatic hydroxyl groups excluding tert-OH is 1. The van der Waals surface area contributed by atoms with Gasteiger partial charge in [0.25, 0.3) is 11.7 Å². The molecule has 10 heteroatoms. The van der Waals surface area contributed by atoms with Crippen LogP contribution in [0.25, 0.3) is 5.76 Å². The number of methoxy groups -OCH3 is 1. The van der Waals surface area contributed by atoms with Gasteiger partial charge in [0.1, 0.15) is 23.4 Å². The summed E-state index contributed by atoms with van der Waals surface area (Å²) in [6, 6.07) is 8.43. The molecular weight excluding hydrogens is 477 g/mol. The van der Waals surface area contributed by atoms with Gasteiger partial charge in [0.2, 0.25) is 0 Å². The van der Waals surface area contributed by atoms with Gasteiger partial charge in [-0.3, -0.25) is 19.5 Å². The van der Waals surface area contributed by atoms with Crippen LogP contribution in [0.3, 0.4) is 0 Å². The first-order chi connectivity index (χ1) is 15.7. The predicted octanol–water partition coefficient (Wildman–Crippen LogP) is 5.30. The summed E-state index contributed by atoms with van der Waals surface area (Å²) in [7, 11) is 1.35. The van der Waals surface area contributed by atoms with Gasteiger partial charge in [-0.2, -0.15) is 0 Å². The van der Waals surface area contributed by atoms with E-state index in [0.717, 1.165) is 23.1 Å². The number of halogens is 4. The molecule has 2 heterocycles. The Balaban J connectivity index is 1.98. The van der Waals surface area contributed by atoms with E-state index in [2.05, 4.69) is 4.98 Å². The molecule has 0 radical (unpaired) electrons. The van der Waals surface area contributed by atoms with Gasteiger partial charge in [-0.1, -0.05) is 29.3 Å². The summed E-state index contributed by atoms with van der Waals surface area (Å²) in [5.74, 6) is -4.50. The van der Waals surface area contributed by atoms with E-state index >= 15 is 0 Å². The van der Waals surface area contributed by atoms with Crippen LogP contribution in [0, 0.1) is 11.6 Å². The molecule has 1 aliphatic heterocycles. The van der Waals surface area contributed by atoms with Crippen LogP contribution in [0.4, 0.5) is 14.5 Å². The van der Waals surface area contributed by atoms with Crippen molar-refractivity contribution in [2.45, 2.75) is 6.04 Å². The minimum atomic E-state index is -1.35. The third kappa shape index (κ3) is 3.92. The van der Waals surface area contributed by atoms with E-state index < -0.39 is 40.8 Å². The summed E-state index contributed by atoms with van der Waals surface area (Å²) in [4.78, 5) is 30.9. The Morgan fingerprint density at radius 1 is 1.09 bits per heavy atom. The highest BCUT2D eigenvalue weighted by Gasteiger charge is 2.48. The van der Waals surface area contributed by atoms with E-state index in [9.17, 15) is 23.5 Å². The van der Waals surface area contributed by atoms with Crippen molar-refractivity contribution in [1.82, 2.24) is 4.98 Å². The Morgan fingerprint density at radius 2 is 1.79 bits per heavy atom. The molecular formula is C23H14Cl2F2N2O4. The number of carbonyl (C=O) groups excluding carboxylic acids is 2. The Kier molecular flexibility index (Phi) is 6.05. The molecule has 168 valence electrons. The van der Waals surface area contributed by atoms with Gasteiger partial charge in [-0.15, -0.1) is 0 Å². The van der Waals surface area contributed by atoms with Crippen LogP contribution in [-0.4, -0.2) is 28.9 Å². The quantitative estimate of drug-likeness (QED) is 0.305. The molecule has 1 aromatic heterocycles. The zero-order chi connectivity index (χ0) is 23.9. The van der Waals surface area contributed by atoms with Crippen molar-refractivity contribution in [2.75, 3.05) is 12.0 Å². The van der Waals surface area contributed by atoms with Crippen molar-refractivity contribution < 1.29 is 28.2 Å². The lowest BCUT2D eigenvalue weighted by molar-refractivity contribution is -0.132. The van der Waals surface area contributed by atoms with Crippen molar-refractivity contribution in [3.05, 3.63) is 93.2 Å². The standard InChI is InChI=1S/C23H14Cl2F2N2O4/c1-33-22-13(24)8-11(9-14(22)25)20(30)18-19(16-4-2-3-7-28-16)29(23(32)21(18)31)17-10-12(26)5-6-15(17)27/h2-10,19,30H,1H3/b20-18+. The van der Waals surface area contributed by atoms with Crippen LogP contribution in [0.1, 0.15) is 17.3 Å². The molecule has 3 aromatic rings. The zero-order valence-corrected chi connectivity index (χ0v) is 18.4. The van der Waals surface area contributed by atoms with Crippen LogP contribution in [-0.2, 0) is 9.59 Å². The highest BCUT2D eigenvalue weighted by atomic mass is 35.5. The van der Waals surface area contributed by atoms with E-state index in [1.54, 1.807) is 12.1 Å². The van der Waals surface area contributed by atoms with Crippen molar-refractivity contribution in [3.63, 3.8) is 0 Å². The number of pyridine rings is 1. The molecule has 0 spiro atoms. The maximum Gasteiger partial charge on any atom is 0.300 e. The number of hydrogen-bond donors (Lipinski definition) is 1. The molecule has 0 bridgehead atoms. The van der Waals surface area contributed by atoms with Gasteiger partial charge in [0.05, 0.1) is 34.1 Å². The number of ketones is 1. The van der Waals surface area contributed by atoms with E-state index in [-0.39, 0.29) is 32.6 Å². The molecule has 1 N–H and O–H groups in total. The molecule has 4 rings (SSSR count). The minimum Gasteiger partial charge on any atom is -0.507 e. The lowest BCUT2D eigenvalue weighted by atomic mass is 9.98. The Labute approximate surface area is 196 Å². The molecule has 1 saturated heterocycles. The Morgan fingerprint density at radius 3 is 2.39 bits per heavy atom. The van der Waals surface area contributed by atoms with Crippen molar-refractivity contribution in [3.8, 4) is 5.75 Å². The lowest BCUT2D eigenvalue weighted by Crippen LogP contribution is -2.30. The minimum absolute atomic E-state index is 0.0180. The van der Waals surface area contributed by atoms with Crippen LogP contribution in [0.5, 0.6) is 5.75 Å². The number of benzene rings is 2. The smallest absolute Gasteiger partial charge is 0.300 e. The highest BCUT2D eigenvalue weighted by Crippen LogP contribution is 2.43. The number of aliphatic hydroxyl groups is 1. The molecule has 1 fully saturated rings. The molecule has 1 atom stereocenters. The molecule has 2 aromatic carbocycles. The number of rotatable bonds is 4. The number of Topliss-reactive ketones (excluding diaryl/α,β-unsaturated/α-hetero) is 1. The Bertz CT molecular complexity index is 1290. The first-order valence-corrected chi connectivity index (χ1v) is 10.2. The van der Waals surface area contributed by atoms with E-state index in [1.807, 2.05) is 0 Å². The Hall–Kier alpha value is -3.49. The second-order valence-corrected chi connectivity index (χ2v) is 7.81. The molecule has 0 saturated carbocycles. The summed E-state index contributed by atoms with van der Waals surface area (Å²) < 4.78 is 33.6. The normalized spacial score (nSPS) is 17.5. The SMILES string of the molecule is COc1c(Cl)cc(/C(O)=C2\C(=O)C(=O)N(c3cc(F)ccc3F)C2c2ccccn2)cc1Cl. The fourth-order valence-corrected chi connectivity index (χ4v) is 4.26. The van der Waals surface area contributed by atoms with Gasteiger partial charge >= 0.3 is 0 Å². The molecule has 0 aliphatic carbocycles. The van der Waals surface area contributed by atoms with Crippen LogP contribution < -0.4 is 9.64 Å². The third-order valence-electron chi connectivity index (χ3n) is 5.06. The average Bonchev–Trinajstić information content (AvgIpc) is 3.06. The van der Waals surface area contributed by atoms with Gasteiger partial charge in [-0.05, 0) is 36.4 Å². The number of amides is 1. The van der Waals surface area contributed by atoms with E-state index in [4.69, 9.17) is 27.9 Å². The summed E-state index contributed by atoms with van der Waals surface area (Å²) in [5.41, 5.74) is -0.700. The topological polar surface area (TPSA) is 79.7 Å². The van der Waals surface area contributed by atoms with Crippen molar-refractivity contribution in [2.24, 2.45) is 0 Å². The fraction of sp³-hybridized carbons (Fsp3) is 0.0870. The fourth-order valence-electron chi connectivity index (χ4n) is 3.62. The average molecular weight is 491 g/mol. The summed E-state index contributed by atoms with van der Waals surface area (Å²) in [6.45, 7) is 0. The summed E-state index contributed by atoms with van der Waals surface area (Å²) in [6.07, 6.45) is 1.40. The first-order valence-electron chi connectivity index (χ1n) is 9.45. The van der Waals surface area contributed by atoms with Gasteiger partial charge < -0.3 is 9.84 Å². The summed E-state index contributed by atoms with van der Waals surface area (Å²) >= 11 is 12.3. The van der Waals surface area contributed by atoms with E-state index in [0.29, 0.717) is 0 Å². The number of anilines is 1. The number of nitrogens with zero attached hydrogens (tertiary/aromatic N) is 2. The van der Waals surface area contributed by atoms with Crippen LogP contribution >= 0.6 is 23.2 Å². The largest absolute Gasteiger partial charge is 0.507 e. The lowest BCUT2D eigenvalue weighted by Gasteiger charge is -2.25. The second-order valence-electron chi connectivity index (χ2n) is 6.99. The van der Waals surface area contributed by atoms with Crippen LogP contribution in [0.2, 0.25) is 10.0 Å². The molecule has 33 heavy (non-hydrogen) atoms. The third-order valence-corrected chi connectivity index (χ3v) is 5.62. The highest BCUT2D eigenvalue weighted by molar-refractivity contribution is 6.51. The zero-order valence-electron chi connectivity index (χ0n) is 16.9. The predicted molar refractivity (Wildman–Crippen MR) is 118 cm³/mol. The second kappa shape index (κ2) is 8.80. The van der Waals surface area contributed by atoms with Gasteiger partial charge in [-0.25, -0.2) is 8.78 Å². The van der Waals surface area contributed by atoms with E-state index in [1.165, 1.54) is 31.5 Å². The maximum atomic E-state index is 14.6. The van der Waals surface area contributed by atoms with Gasteiger partial charge in [0.15, 0.2) is 5.75 Å². The van der Waals surface area contributed by atoms with Crippen molar-refractivity contribution in [1.29, 1.82) is 0 Å². The summed E-state index contributed by atoms with van der Waals surface area (Å²) in [5, 5.41) is 11.2. The number of carbonyl (C=O) groups is 2. The molecule has 1 unspecified atom stereocenters. The van der Waals surface area contributed by atoms with Crippen molar-refractivity contribution >= 4 is 46.3 Å². The molecule has 1 aliphatic rings. The monoisotopic (exact) mass is 490 g/mol.